The second-order valence-corrected chi connectivity index (χ2v) is 12.9. The van der Waals surface area contributed by atoms with Crippen LogP contribution in [0.4, 0.5) is 57.1 Å². The van der Waals surface area contributed by atoms with Crippen molar-refractivity contribution < 1.29 is 76.2 Å². The Morgan fingerprint density at radius 2 is 1.20 bits per heavy atom. The maximum Gasteiger partial charge on any atom is 0.460 e. The molecule has 0 bridgehead atoms. The quantitative estimate of drug-likeness (QED) is 0.0836. The average Bonchev–Trinajstić information content (AvgIpc) is 3.09. The molecule has 302 valence electrons. The Bertz CT molecular complexity index is 1780. The van der Waals surface area contributed by atoms with Crippen molar-refractivity contribution >= 4 is 32.8 Å². The van der Waals surface area contributed by atoms with Crippen LogP contribution in [0, 0.1) is 0 Å². The summed E-state index contributed by atoms with van der Waals surface area (Å²) in [4.78, 5) is 30.7. The van der Waals surface area contributed by atoms with Crippen LogP contribution in [0.25, 0.3) is 10.9 Å². The maximum absolute atomic E-state index is 14.1. The molecule has 0 aliphatic rings. The predicted octanol–water partition coefficient (Wildman–Crippen LogP) is 11.1. The fourth-order valence-electron chi connectivity index (χ4n) is 4.94. The summed E-state index contributed by atoms with van der Waals surface area (Å²) in [7, 11) is 0. The highest BCUT2D eigenvalue weighted by Crippen LogP contribution is 2.60. The number of halogens is 14. The zero-order valence-corrected chi connectivity index (χ0v) is 29.8. The van der Waals surface area contributed by atoms with Gasteiger partial charge in [-0.15, -0.1) is 4.73 Å². The third kappa shape index (κ3) is 9.38. The van der Waals surface area contributed by atoms with E-state index in [4.69, 9.17) is 9.57 Å². The summed E-state index contributed by atoms with van der Waals surface area (Å²) in [5, 5.41) is 0.428. The van der Waals surface area contributed by atoms with E-state index < -0.39 is 66.1 Å². The normalized spacial score (nSPS) is 13.3. The zero-order valence-electron chi connectivity index (χ0n) is 28.2. The first-order valence-electron chi connectivity index (χ1n) is 16.3. The lowest BCUT2D eigenvalue weighted by molar-refractivity contribution is -0.440. The Hall–Kier alpha value is -3.71. The van der Waals surface area contributed by atoms with E-state index in [1.54, 1.807) is 6.07 Å². The SMILES string of the molecule is CCCCCCCCCCOc1ccc2c(ccc(=O)n2OC(=O)c2ccc(OCCC(F)(F)C(F)(F)C(F)(F)C(F)(F)C(F)(F)C(F)(F)F)cc2)c1Br. The van der Waals surface area contributed by atoms with Crippen molar-refractivity contribution in [2.24, 2.45) is 0 Å². The lowest BCUT2D eigenvalue weighted by atomic mass is 9.93. The Labute approximate surface area is 307 Å². The number of alkyl halides is 13. The number of fused-ring (bicyclic) bond motifs is 1. The maximum atomic E-state index is 14.1. The van der Waals surface area contributed by atoms with Crippen molar-refractivity contribution in [3.8, 4) is 11.5 Å². The van der Waals surface area contributed by atoms with Crippen molar-refractivity contribution in [1.29, 1.82) is 0 Å². The molecule has 3 aromatic rings. The minimum atomic E-state index is -7.99. The van der Waals surface area contributed by atoms with Gasteiger partial charge in [0.1, 0.15) is 11.5 Å². The van der Waals surface area contributed by atoms with E-state index >= 15 is 0 Å². The lowest BCUT2D eigenvalue weighted by Crippen LogP contribution is -2.70. The van der Waals surface area contributed by atoms with E-state index in [2.05, 4.69) is 27.6 Å². The number of carbonyl (C=O) groups excluding carboxylic acids is 1. The van der Waals surface area contributed by atoms with Gasteiger partial charge in [-0.3, -0.25) is 4.79 Å². The van der Waals surface area contributed by atoms with Crippen LogP contribution in [0.2, 0.25) is 0 Å². The van der Waals surface area contributed by atoms with E-state index in [9.17, 15) is 66.7 Å². The second kappa shape index (κ2) is 17.4. The van der Waals surface area contributed by atoms with Crippen LogP contribution in [-0.4, -0.2) is 59.7 Å². The molecule has 54 heavy (non-hydrogen) atoms. The summed E-state index contributed by atoms with van der Waals surface area (Å²) in [6.45, 7) is 0.913. The molecule has 0 saturated heterocycles. The molecule has 0 fully saturated rings. The van der Waals surface area contributed by atoms with Crippen molar-refractivity contribution in [3.63, 3.8) is 0 Å². The monoisotopic (exact) mass is 861 g/mol. The number of carbonyl (C=O) groups is 1. The minimum absolute atomic E-state index is 0.144. The van der Waals surface area contributed by atoms with Gasteiger partial charge in [0.05, 0.1) is 35.2 Å². The van der Waals surface area contributed by atoms with Crippen LogP contribution in [-0.2, 0) is 0 Å². The summed E-state index contributed by atoms with van der Waals surface area (Å²) in [6.07, 6.45) is -1.22. The topological polar surface area (TPSA) is 66.8 Å². The van der Waals surface area contributed by atoms with Crippen LogP contribution in [0.1, 0.15) is 75.1 Å². The number of pyridine rings is 1. The van der Waals surface area contributed by atoms with Gasteiger partial charge >= 0.3 is 41.8 Å². The van der Waals surface area contributed by atoms with E-state index in [1.165, 1.54) is 37.8 Å². The standard InChI is InChI=1S/C34H33BrF13NO5/c1-2-3-4-5-6-7-8-9-19-53-25-16-15-24-23(27(25)35)14-17-26(50)49(24)54-28(51)21-10-12-22(13-11-21)52-20-18-29(36,37)30(38,39)31(40,41)32(42,43)33(44,45)34(46,47)48/h10-17H,2-9,18-20H2,1H3. The molecular formula is C34H33BrF13NO5. The molecule has 0 saturated carbocycles. The van der Waals surface area contributed by atoms with Crippen molar-refractivity contribution in [1.82, 2.24) is 4.73 Å². The fraction of sp³-hybridized carbons (Fsp3) is 0.529. The van der Waals surface area contributed by atoms with Gasteiger partial charge in [-0.25, -0.2) is 4.79 Å². The highest BCUT2D eigenvalue weighted by molar-refractivity contribution is 9.10. The molecule has 0 aliphatic heterocycles. The second-order valence-electron chi connectivity index (χ2n) is 12.1. The fourth-order valence-corrected chi connectivity index (χ4v) is 5.52. The molecule has 0 N–H and O–H groups in total. The third-order valence-corrected chi connectivity index (χ3v) is 8.95. The molecule has 0 amide bonds. The zero-order chi connectivity index (χ0) is 40.8. The summed E-state index contributed by atoms with van der Waals surface area (Å²) in [6, 6.07) is 9.17. The van der Waals surface area contributed by atoms with Gasteiger partial charge in [-0.1, -0.05) is 51.9 Å². The van der Waals surface area contributed by atoms with Gasteiger partial charge < -0.3 is 14.3 Å². The van der Waals surface area contributed by atoms with Gasteiger partial charge in [0.25, 0.3) is 5.56 Å². The summed E-state index contributed by atoms with van der Waals surface area (Å²) < 4.78 is 185. The number of benzene rings is 2. The molecule has 1 aromatic heterocycles. The average molecular weight is 863 g/mol. The summed E-state index contributed by atoms with van der Waals surface area (Å²) in [5.41, 5.74) is -0.913. The number of hydrogen-bond donors (Lipinski definition) is 0. The van der Waals surface area contributed by atoms with E-state index in [-0.39, 0.29) is 11.1 Å². The highest BCUT2D eigenvalue weighted by atomic mass is 79.9. The van der Waals surface area contributed by atoms with Gasteiger partial charge in [0.15, 0.2) is 0 Å². The molecule has 0 unspecified atom stereocenters. The number of nitrogens with zero attached hydrogens (tertiary/aromatic N) is 1. The van der Waals surface area contributed by atoms with Crippen molar-refractivity contribution in [2.75, 3.05) is 13.2 Å². The van der Waals surface area contributed by atoms with Crippen molar-refractivity contribution in [2.45, 2.75) is 101 Å². The van der Waals surface area contributed by atoms with Crippen LogP contribution in [0.3, 0.4) is 0 Å². The van der Waals surface area contributed by atoms with E-state index in [0.717, 1.165) is 56.0 Å². The number of aromatic nitrogens is 1. The first kappa shape index (κ1) is 44.7. The minimum Gasteiger partial charge on any atom is -0.493 e. The first-order chi connectivity index (χ1) is 24.9. The molecule has 6 nitrogen and oxygen atoms in total. The van der Waals surface area contributed by atoms with Gasteiger partial charge in [0.2, 0.25) is 0 Å². The van der Waals surface area contributed by atoms with Gasteiger partial charge in [-0.05, 0) is 64.8 Å². The van der Waals surface area contributed by atoms with Crippen LogP contribution < -0.4 is 19.9 Å². The van der Waals surface area contributed by atoms with Crippen LogP contribution >= 0.6 is 15.9 Å². The van der Waals surface area contributed by atoms with Gasteiger partial charge in [0, 0.05) is 11.5 Å². The Morgan fingerprint density at radius 1 is 0.648 bits per heavy atom. The molecule has 0 aliphatic carbocycles. The lowest BCUT2D eigenvalue weighted by Gasteiger charge is -2.39. The largest absolute Gasteiger partial charge is 0.493 e. The Kier molecular flexibility index (Phi) is 14.4. The molecule has 20 heteroatoms. The highest BCUT2D eigenvalue weighted by Gasteiger charge is 2.90. The summed E-state index contributed by atoms with van der Waals surface area (Å²) in [5.74, 6) is -38.6. The van der Waals surface area contributed by atoms with Gasteiger partial charge in [-0.2, -0.15) is 57.1 Å². The van der Waals surface area contributed by atoms with Crippen molar-refractivity contribution in [3.05, 3.63) is 68.9 Å². The van der Waals surface area contributed by atoms with E-state index in [0.29, 0.717) is 26.9 Å². The predicted molar refractivity (Wildman–Crippen MR) is 172 cm³/mol. The smallest absolute Gasteiger partial charge is 0.460 e. The molecular weight excluding hydrogens is 829 g/mol. The molecule has 0 atom stereocenters. The Balaban J connectivity index is 1.63. The molecule has 1 heterocycles. The Morgan fingerprint density at radius 3 is 1.78 bits per heavy atom. The van der Waals surface area contributed by atoms with E-state index in [1.807, 2.05) is 0 Å². The van der Waals surface area contributed by atoms with Crippen LogP contribution in [0.15, 0.2) is 57.8 Å². The molecule has 0 spiro atoms. The number of unbranched alkanes of at least 4 members (excludes halogenated alkanes) is 7. The number of ether oxygens (including phenoxy) is 2. The molecule has 0 radical (unpaired) electrons. The first-order valence-corrected chi connectivity index (χ1v) is 17.1. The third-order valence-electron chi connectivity index (χ3n) is 8.14. The molecule has 2 aromatic carbocycles. The van der Waals surface area contributed by atoms with Crippen LogP contribution in [0.5, 0.6) is 11.5 Å². The summed E-state index contributed by atoms with van der Waals surface area (Å²) >= 11 is 3.43. The number of hydrogen-bond acceptors (Lipinski definition) is 5. The number of rotatable bonds is 20. The molecule has 3 rings (SSSR count).